The molecule has 1 aliphatic rings. The van der Waals surface area contributed by atoms with E-state index >= 15 is 0 Å². The highest BCUT2D eigenvalue weighted by atomic mass is 32.2. The largest absolute Gasteiger partial charge is 0.356 e. The summed E-state index contributed by atoms with van der Waals surface area (Å²) in [6.45, 7) is 5.49. The Morgan fingerprint density at radius 1 is 1.40 bits per heavy atom. The van der Waals surface area contributed by atoms with Gasteiger partial charge in [0.1, 0.15) is 0 Å². The van der Waals surface area contributed by atoms with Gasteiger partial charge < -0.3 is 10.2 Å². The lowest BCUT2D eigenvalue weighted by Crippen LogP contribution is -2.57. The van der Waals surface area contributed by atoms with Gasteiger partial charge in [-0.3, -0.25) is 4.99 Å². The van der Waals surface area contributed by atoms with Crippen LogP contribution in [0.4, 0.5) is 0 Å². The second kappa shape index (κ2) is 7.54. The van der Waals surface area contributed by atoms with Crippen molar-refractivity contribution >= 4 is 27.6 Å². The highest BCUT2D eigenvalue weighted by molar-refractivity contribution is 7.98. The molecule has 0 atom stereocenters. The summed E-state index contributed by atoms with van der Waals surface area (Å²) in [6.07, 6.45) is 4.41. The normalized spacial score (nSPS) is 21.8. The molecule has 0 spiro atoms. The Kier molecular flexibility index (Phi) is 6.64. The second-order valence-corrected chi connectivity index (χ2v) is 9.40. The van der Waals surface area contributed by atoms with E-state index in [-0.39, 0.29) is 5.75 Å². The highest BCUT2D eigenvalue weighted by Gasteiger charge is 2.40. The molecular weight excluding hydrogens is 294 g/mol. The SMILES string of the molecule is CN=C(NCCCCSC)N1CCS(=O)(=O)C(C)(C)C1. The highest BCUT2D eigenvalue weighted by Crippen LogP contribution is 2.23. The van der Waals surface area contributed by atoms with Crippen LogP contribution < -0.4 is 5.32 Å². The second-order valence-electron chi connectivity index (χ2n) is 5.67. The molecular formula is C13H27N3O2S2. The Hall–Kier alpha value is -0.430. The number of thioether (sulfide) groups is 1. The lowest BCUT2D eigenvalue weighted by atomic mass is 10.2. The van der Waals surface area contributed by atoms with Crippen LogP contribution in [0.5, 0.6) is 0 Å². The number of aliphatic imine (C=N–C) groups is 1. The fourth-order valence-electron chi connectivity index (χ4n) is 2.23. The molecule has 0 bridgehead atoms. The maximum atomic E-state index is 12.0. The van der Waals surface area contributed by atoms with Gasteiger partial charge in [-0.25, -0.2) is 8.42 Å². The quantitative estimate of drug-likeness (QED) is 0.468. The van der Waals surface area contributed by atoms with Crippen LogP contribution >= 0.6 is 11.8 Å². The molecule has 1 aliphatic heterocycles. The van der Waals surface area contributed by atoms with Crippen LogP contribution in [0.25, 0.3) is 0 Å². The summed E-state index contributed by atoms with van der Waals surface area (Å²) in [6, 6.07) is 0. The van der Waals surface area contributed by atoms with Gasteiger partial charge in [-0.1, -0.05) is 0 Å². The minimum absolute atomic E-state index is 0.202. The molecule has 0 radical (unpaired) electrons. The predicted octanol–water partition coefficient (Wildman–Crippen LogP) is 1.21. The molecule has 1 heterocycles. The van der Waals surface area contributed by atoms with Gasteiger partial charge in [0.15, 0.2) is 15.8 Å². The average Bonchev–Trinajstić information content (AvgIpc) is 2.37. The van der Waals surface area contributed by atoms with Gasteiger partial charge in [-0.05, 0) is 38.7 Å². The Bertz CT molecular complexity index is 433. The molecule has 1 rings (SSSR count). The Balaban J connectivity index is 2.52. The molecule has 7 heteroatoms. The number of nitrogens with zero attached hydrogens (tertiary/aromatic N) is 2. The first-order chi connectivity index (χ1) is 9.34. The van der Waals surface area contributed by atoms with E-state index in [9.17, 15) is 8.42 Å². The van der Waals surface area contributed by atoms with Crippen molar-refractivity contribution < 1.29 is 8.42 Å². The minimum atomic E-state index is -3.00. The van der Waals surface area contributed by atoms with E-state index in [4.69, 9.17) is 0 Å². The monoisotopic (exact) mass is 321 g/mol. The third-order valence-electron chi connectivity index (χ3n) is 3.61. The van der Waals surface area contributed by atoms with Crippen molar-refractivity contribution in [2.75, 3.05) is 44.4 Å². The first kappa shape index (κ1) is 17.6. The molecule has 1 saturated heterocycles. The third-order valence-corrected chi connectivity index (χ3v) is 6.84. The molecule has 0 aliphatic carbocycles. The number of guanidine groups is 1. The summed E-state index contributed by atoms with van der Waals surface area (Å²) in [5.41, 5.74) is 0. The van der Waals surface area contributed by atoms with Crippen LogP contribution in [-0.2, 0) is 9.84 Å². The van der Waals surface area contributed by atoms with E-state index in [1.165, 1.54) is 12.2 Å². The zero-order valence-electron chi connectivity index (χ0n) is 13.0. The van der Waals surface area contributed by atoms with E-state index in [1.54, 1.807) is 20.9 Å². The summed E-state index contributed by atoms with van der Waals surface area (Å²) in [5, 5.41) is 3.34. The van der Waals surface area contributed by atoms with Crippen molar-refractivity contribution in [1.82, 2.24) is 10.2 Å². The van der Waals surface area contributed by atoms with E-state index in [0.29, 0.717) is 13.1 Å². The van der Waals surface area contributed by atoms with Gasteiger partial charge in [-0.15, -0.1) is 0 Å². The van der Waals surface area contributed by atoms with E-state index in [2.05, 4.69) is 21.5 Å². The maximum Gasteiger partial charge on any atom is 0.193 e. The molecule has 5 nitrogen and oxygen atoms in total. The third kappa shape index (κ3) is 4.55. The van der Waals surface area contributed by atoms with Gasteiger partial charge in [0.2, 0.25) is 0 Å². The molecule has 0 aromatic rings. The Labute approximate surface area is 127 Å². The van der Waals surface area contributed by atoms with Crippen LogP contribution in [0.15, 0.2) is 4.99 Å². The number of sulfone groups is 1. The van der Waals surface area contributed by atoms with Crippen LogP contribution in [0, 0.1) is 0 Å². The van der Waals surface area contributed by atoms with Crippen molar-refractivity contribution in [3.8, 4) is 0 Å². The summed E-state index contributed by atoms with van der Waals surface area (Å²) < 4.78 is 23.3. The number of rotatable bonds is 5. The smallest absolute Gasteiger partial charge is 0.193 e. The van der Waals surface area contributed by atoms with Crippen LogP contribution in [0.3, 0.4) is 0 Å². The van der Waals surface area contributed by atoms with Gasteiger partial charge >= 0.3 is 0 Å². The summed E-state index contributed by atoms with van der Waals surface area (Å²) >= 11 is 1.86. The lowest BCUT2D eigenvalue weighted by molar-refractivity contribution is 0.353. The molecule has 0 amide bonds. The fraction of sp³-hybridized carbons (Fsp3) is 0.923. The number of hydrogen-bond acceptors (Lipinski definition) is 4. The molecule has 0 saturated carbocycles. The van der Waals surface area contributed by atoms with Crippen molar-refractivity contribution in [1.29, 1.82) is 0 Å². The standard InChI is InChI=1S/C13H27N3O2S2/c1-13(2)11-16(8-10-20(13,17)18)12(14-3)15-7-5-6-9-19-4/h5-11H2,1-4H3,(H,14,15). The molecule has 0 aromatic heterocycles. The van der Waals surface area contributed by atoms with Gasteiger partial charge in [0.05, 0.1) is 10.5 Å². The fourth-order valence-corrected chi connectivity index (χ4v) is 4.09. The number of hydrogen-bond donors (Lipinski definition) is 1. The molecule has 20 heavy (non-hydrogen) atoms. The van der Waals surface area contributed by atoms with Crippen LogP contribution in [-0.4, -0.2) is 68.5 Å². The molecule has 0 unspecified atom stereocenters. The Morgan fingerprint density at radius 3 is 2.65 bits per heavy atom. The predicted molar refractivity (Wildman–Crippen MR) is 88.4 cm³/mol. The topological polar surface area (TPSA) is 61.8 Å². The first-order valence-electron chi connectivity index (χ1n) is 7.01. The van der Waals surface area contributed by atoms with Crippen molar-refractivity contribution in [3.05, 3.63) is 0 Å². The van der Waals surface area contributed by atoms with Crippen molar-refractivity contribution in [3.63, 3.8) is 0 Å². The zero-order valence-corrected chi connectivity index (χ0v) is 14.6. The summed E-state index contributed by atoms with van der Waals surface area (Å²) in [5.74, 6) is 2.19. The van der Waals surface area contributed by atoms with Crippen LogP contribution in [0.2, 0.25) is 0 Å². The Morgan fingerprint density at radius 2 is 2.10 bits per heavy atom. The van der Waals surface area contributed by atoms with E-state index in [1.807, 2.05) is 11.8 Å². The van der Waals surface area contributed by atoms with E-state index < -0.39 is 14.6 Å². The van der Waals surface area contributed by atoms with Gasteiger partial charge in [0.25, 0.3) is 0 Å². The molecule has 1 N–H and O–H groups in total. The zero-order chi connectivity index (χ0) is 15.2. The average molecular weight is 322 g/mol. The van der Waals surface area contributed by atoms with Crippen molar-refractivity contribution in [2.45, 2.75) is 31.4 Å². The maximum absolute atomic E-state index is 12.0. The van der Waals surface area contributed by atoms with Crippen molar-refractivity contribution in [2.24, 2.45) is 4.99 Å². The van der Waals surface area contributed by atoms with E-state index in [0.717, 1.165) is 18.9 Å². The summed E-state index contributed by atoms with van der Waals surface area (Å²) in [7, 11) is -1.25. The number of nitrogens with one attached hydrogen (secondary N) is 1. The number of unbranched alkanes of at least 4 members (excludes halogenated alkanes) is 1. The van der Waals surface area contributed by atoms with Crippen LogP contribution in [0.1, 0.15) is 26.7 Å². The molecule has 118 valence electrons. The van der Waals surface area contributed by atoms with Gasteiger partial charge in [0, 0.05) is 26.7 Å². The van der Waals surface area contributed by atoms with Gasteiger partial charge in [-0.2, -0.15) is 11.8 Å². The lowest BCUT2D eigenvalue weighted by Gasteiger charge is -2.39. The minimum Gasteiger partial charge on any atom is -0.356 e. The molecule has 1 fully saturated rings. The summed E-state index contributed by atoms with van der Waals surface area (Å²) in [4.78, 5) is 6.33. The first-order valence-corrected chi connectivity index (χ1v) is 10.1. The molecule has 0 aromatic carbocycles.